The molecule has 0 radical (unpaired) electrons. The van der Waals surface area contributed by atoms with E-state index in [-0.39, 0.29) is 5.91 Å². The fourth-order valence-corrected chi connectivity index (χ4v) is 3.47. The van der Waals surface area contributed by atoms with E-state index in [0.717, 1.165) is 17.8 Å². The second-order valence-electron chi connectivity index (χ2n) is 5.43. The van der Waals surface area contributed by atoms with Crippen LogP contribution in [0.4, 0.5) is 0 Å². The summed E-state index contributed by atoms with van der Waals surface area (Å²) in [7, 11) is 0. The van der Waals surface area contributed by atoms with Crippen molar-refractivity contribution >= 4 is 17.5 Å². The zero-order valence-electron chi connectivity index (χ0n) is 11.3. The predicted molar refractivity (Wildman–Crippen MR) is 80.1 cm³/mol. The highest BCUT2D eigenvalue weighted by Crippen LogP contribution is 2.38. The molecule has 1 aromatic heterocycles. The molecule has 5 heteroatoms. The second-order valence-corrected chi connectivity index (χ2v) is 5.86. The Morgan fingerprint density at radius 1 is 1.24 bits per heavy atom. The van der Waals surface area contributed by atoms with Gasteiger partial charge < -0.3 is 4.90 Å². The number of pyridine rings is 1. The van der Waals surface area contributed by atoms with Crippen LogP contribution < -0.4 is 5.32 Å². The average Bonchev–Trinajstić information content (AvgIpc) is 2.93. The number of carbonyl (C=O) groups excluding carboxylic acids is 1. The topological polar surface area (TPSA) is 45.2 Å². The molecule has 1 aromatic carbocycles. The summed E-state index contributed by atoms with van der Waals surface area (Å²) in [6, 6.07) is 11.4. The Bertz CT molecular complexity index is 716. The second kappa shape index (κ2) is 4.55. The predicted octanol–water partition coefficient (Wildman–Crippen LogP) is 2.19. The molecule has 2 aliphatic heterocycles. The Morgan fingerprint density at radius 3 is 2.86 bits per heavy atom. The molecule has 4 nitrogen and oxygen atoms in total. The molecule has 2 aromatic rings. The minimum atomic E-state index is -0.497. The molecule has 1 saturated heterocycles. The van der Waals surface area contributed by atoms with Crippen LogP contribution in [0.3, 0.4) is 0 Å². The summed E-state index contributed by atoms with van der Waals surface area (Å²) < 4.78 is 0. The molecule has 1 amide bonds. The van der Waals surface area contributed by atoms with Crippen molar-refractivity contribution in [1.82, 2.24) is 15.2 Å². The van der Waals surface area contributed by atoms with Gasteiger partial charge >= 0.3 is 0 Å². The number of hydrogen-bond donors (Lipinski definition) is 1. The largest absolute Gasteiger partial charge is 0.314 e. The number of rotatable bonds is 1. The van der Waals surface area contributed by atoms with Crippen LogP contribution in [0.1, 0.15) is 21.6 Å². The van der Waals surface area contributed by atoms with Gasteiger partial charge in [0.15, 0.2) is 0 Å². The van der Waals surface area contributed by atoms with Crippen molar-refractivity contribution < 1.29 is 4.79 Å². The Kier molecular flexibility index (Phi) is 2.77. The van der Waals surface area contributed by atoms with Gasteiger partial charge in [-0.1, -0.05) is 23.7 Å². The maximum atomic E-state index is 12.8. The molecule has 0 aliphatic carbocycles. The van der Waals surface area contributed by atoms with E-state index >= 15 is 0 Å². The van der Waals surface area contributed by atoms with E-state index in [1.54, 1.807) is 6.20 Å². The zero-order valence-corrected chi connectivity index (χ0v) is 12.1. The molecule has 1 fully saturated rings. The van der Waals surface area contributed by atoms with Crippen LogP contribution in [0.25, 0.3) is 0 Å². The summed E-state index contributed by atoms with van der Waals surface area (Å²) in [5, 5.41) is 4.20. The summed E-state index contributed by atoms with van der Waals surface area (Å²) >= 11 is 5.99. The van der Waals surface area contributed by atoms with Gasteiger partial charge in [-0.25, -0.2) is 0 Å². The van der Waals surface area contributed by atoms with Crippen LogP contribution in [0, 0.1) is 0 Å². The van der Waals surface area contributed by atoms with Gasteiger partial charge in [0.25, 0.3) is 5.91 Å². The number of nitrogens with zero attached hydrogens (tertiary/aromatic N) is 2. The molecule has 4 rings (SSSR count). The van der Waals surface area contributed by atoms with E-state index in [1.165, 1.54) is 0 Å². The van der Waals surface area contributed by atoms with Crippen molar-refractivity contribution in [3.05, 3.63) is 64.4 Å². The first-order valence-electron chi connectivity index (χ1n) is 6.98. The van der Waals surface area contributed by atoms with Gasteiger partial charge in [-0.15, -0.1) is 0 Å². The lowest BCUT2D eigenvalue weighted by atomic mass is 9.87. The average molecular weight is 300 g/mol. The van der Waals surface area contributed by atoms with E-state index in [4.69, 9.17) is 11.6 Å². The molecular weight excluding hydrogens is 286 g/mol. The summed E-state index contributed by atoms with van der Waals surface area (Å²) in [6.45, 7) is 1.48. The van der Waals surface area contributed by atoms with Crippen LogP contribution in [0.5, 0.6) is 0 Å². The minimum absolute atomic E-state index is 0.0456. The SMILES string of the molecule is O=C1c2cccnc2CC2(c3ccc(Cl)cc3)NCCN12. The van der Waals surface area contributed by atoms with Crippen LogP contribution in [-0.4, -0.2) is 28.9 Å². The lowest BCUT2D eigenvalue weighted by Crippen LogP contribution is -2.55. The minimum Gasteiger partial charge on any atom is -0.314 e. The van der Waals surface area contributed by atoms with Gasteiger partial charge in [-0.3, -0.25) is 15.1 Å². The lowest BCUT2D eigenvalue weighted by molar-refractivity contribution is 0.0498. The van der Waals surface area contributed by atoms with E-state index in [9.17, 15) is 4.79 Å². The molecule has 0 bridgehead atoms. The molecule has 1 atom stereocenters. The monoisotopic (exact) mass is 299 g/mol. The Hall–Kier alpha value is -1.91. The maximum Gasteiger partial charge on any atom is 0.257 e. The summed E-state index contributed by atoms with van der Waals surface area (Å²) in [4.78, 5) is 19.1. The lowest BCUT2D eigenvalue weighted by Gasteiger charge is -2.42. The number of aromatic nitrogens is 1. The molecule has 2 aliphatic rings. The third-order valence-electron chi connectivity index (χ3n) is 4.32. The molecule has 3 heterocycles. The number of benzene rings is 1. The van der Waals surface area contributed by atoms with Gasteiger partial charge in [0, 0.05) is 30.7 Å². The van der Waals surface area contributed by atoms with E-state index in [1.807, 2.05) is 41.3 Å². The highest BCUT2D eigenvalue weighted by Gasteiger charge is 2.49. The molecule has 1 unspecified atom stereocenters. The van der Waals surface area contributed by atoms with Gasteiger partial charge in [-0.05, 0) is 29.8 Å². The van der Waals surface area contributed by atoms with E-state index in [2.05, 4.69) is 10.3 Å². The quantitative estimate of drug-likeness (QED) is 0.878. The highest BCUT2D eigenvalue weighted by atomic mass is 35.5. The van der Waals surface area contributed by atoms with Gasteiger partial charge in [-0.2, -0.15) is 0 Å². The molecule has 106 valence electrons. The van der Waals surface area contributed by atoms with Crippen molar-refractivity contribution in [2.75, 3.05) is 13.1 Å². The Balaban J connectivity index is 1.88. The number of halogens is 1. The molecule has 1 N–H and O–H groups in total. The Morgan fingerprint density at radius 2 is 2.05 bits per heavy atom. The molecular formula is C16H14ClN3O. The fraction of sp³-hybridized carbons (Fsp3) is 0.250. The smallest absolute Gasteiger partial charge is 0.257 e. The third-order valence-corrected chi connectivity index (χ3v) is 4.58. The van der Waals surface area contributed by atoms with Gasteiger partial charge in [0.1, 0.15) is 5.66 Å². The van der Waals surface area contributed by atoms with Crippen molar-refractivity contribution in [1.29, 1.82) is 0 Å². The van der Waals surface area contributed by atoms with Crippen LogP contribution in [0.2, 0.25) is 5.02 Å². The van der Waals surface area contributed by atoms with Gasteiger partial charge in [0.05, 0.1) is 11.3 Å². The first-order chi connectivity index (χ1) is 10.2. The van der Waals surface area contributed by atoms with E-state index in [0.29, 0.717) is 23.6 Å². The number of fused-ring (bicyclic) bond motifs is 2. The molecule has 21 heavy (non-hydrogen) atoms. The summed E-state index contributed by atoms with van der Waals surface area (Å²) in [5.74, 6) is 0.0456. The fourth-order valence-electron chi connectivity index (χ4n) is 3.34. The highest BCUT2D eigenvalue weighted by molar-refractivity contribution is 6.30. The van der Waals surface area contributed by atoms with Crippen LogP contribution in [0.15, 0.2) is 42.6 Å². The van der Waals surface area contributed by atoms with Crippen LogP contribution >= 0.6 is 11.6 Å². The maximum absolute atomic E-state index is 12.8. The number of nitrogens with one attached hydrogen (secondary N) is 1. The first kappa shape index (κ1) is 12.8. The number of carbonyl (C=O) groups is 1. The standard InChI is InChI=1S/C16H14ClN3O/c17-12-5-3-11(4-6-12)16-10-14-13(2-1-7-18-14)15(21)20(16)9-8-19-16/h1-7,19H,8-10H2. The van der Waals surface area contributed by atoms with Crippen molar-refractivity contribution in [2.45, 2.75) is 12.1 Å². The van der Waals surface area contributed by atoms with Crippen molar-refractivity contribution in [3.8, 4) is 0 Å². The van der Waals surface area contributed by atoms with Gasteiger partial charge in [0.2, 0.25) is 0 Å². The number of amides is 1. The zero-order chi connectivity index (χ0) is 14.4. The van der Waals surface area contributed by atoms with Crippen molar-refractivity contribution in [2.24, 2.45) is 0 Å². The van der Waals surface area contributed by atoms with Crippen LogP contribution in [-0.2, 0) is 12.1 Å². The molecule has 0 saturated carbocycles. The number of hydrogen-bond acceptors (Lipinski definition) is 3. The molecule has 0 spiro atoms. The summed E-state index contributed by atoms with van der Waals surface area (Å²) in [5.41, 5.74) is 2.12. The summed E-state index contributed by atoms with van der Waals surface area (Å²) in [6.07, 6.45) is 2.42. The normalized spacial score (nSPS) is 23.9. The first-order valence-corrected chi connectivity index (χ1v) is 7.35. The van der Waals surface area contributed by atoms with E-state index < -0.39 is 5.66 Å². The Labute approximate surface area is 127 Å². The third kappa shape index (κ3) is 1.79. The van der Waals surface area contributed by atoms with Crippen molar-refractivity contribution in [3.63, 3.8) is 0 Å².